The number of amides is 3. The summed E-state index contributed by atoms with van der Waals surface area (Å²) in [5.41, 5.74) is 3.63. The molecule has 4 rings (SSSR count). The molecule has 0 aliphatic heterocycles. The fourth-order valence-electron chi connectivity index (χ4n) is 3.26. The lowest BCUT2D eigenvalue weighted by molar-refractivity contribution is 0.102. The number of rotatable bonds is 5. The van der Waals surface area contributed by atoms with Crippen LogP contribution in [0.5, 0.6) is 0 Å². The van der Waals surface area contributed by atoms with Gasteiger partial charge in [-0.3, -0.25) is 10.1 Å². The Labute approximate surface area is 208 Å². The number of thiazole rings is 1. The van der Waals surface area contributed by atoms with E-state index in [-0.39, 0.29) is 18.0 Å². The first-order valence-corrected chi connectivity index (χ1v) is 12.1. The van der Waals surface area contributed by atoms with Crippen LogP contribution in [0.1, 0.15) is 34.5 Å². The molecule has 9 heteroatoms. The van der Waals surface area contributed by atoms with E-state index in [4.69, 9.17) is 11.6 Å². The van der Waals surface area contributed by atoms with Crippen molar-refractivity contribution < 1.29 is 9.59 Å². The highest BCUT2D eigenvalue weighted by Crippen LogP contribution is 2.29. The minimum absolute atomic E-state index is 0.170. The molecule has 33 heavy (non-hydrogen) atoms. The van der Waals surface area contributed by atoms with Crippen LogP contribution in [0.3, 0.4) is 0 Å². The molecule has 0 aliphatic rings. The van der Waals surface area contributed by atoms with Crippen molar-refractivity contribution in [2.24, 2.45) is 0 Å². The van der Waals surface area contributed by atoms with Crippen LogP contribution < -0.4 is 16.0 Å². The summed E-state index contributed by atoms with van der Waals surface area (Å²) < 4.78 is 1.77. The lowest BCUT2D eigenvalue weighted by atomic mass is 10.1. The van der Waals surface area contributed by atoms with Gasteiger partial charge in [-0.15, -0.1) is 0 Å². The van der Waals surface area contributed by atoms with Crippen molar-refractivity contribution >= 4 is 71.8 Å². The highest BCUT2D eigenvalue weighted by atomic mass is 79.9. The number of carbonyl (C=O) groups is 2. The number of halogens is 2. The van der Waals surface area contributed by atoms with Gasteiger partial charge in [0, 0.05) is 10.0 Å². The number of aryl methyl sites for hydroxylation is 1. The Kier molecular flexibility index (Phi) is 6.97. The molecular formula is C24H20BrClN4O2S. The van der Waals surface area contributed by atoms with Crippen molar-refractivity contribution in [3.05, 3.63) is 86.8 Å². The Bertz CT molecular complexity index is 1320. The summed E-state index contributed by atoms with van der Waals surface area (Å²) in [5.74, 6) is -0.267. The third-order valence-corrected chi connectivity index (χ3v) is 6.83. The van der Waals surface area contributed by atoms with Gasteiger partial charge in [0.25, 0.3) is 5.91 Å². The smallest absolute Gasteiger partial charge is 0.321 e. The predicted molar refractivity (Wildman–Crippen MR) is 138 cm³/mol. The Morgan fingerprint density at radius 1 is 1.06 bits per heavy atom. The molecule has 0 aliphatic carbocycles. The molecule has 168 valence electrons. The molecule has 4 aromatic rings. The van der Waals surface area contributed by atoms with Gasteiger partial charge in [0.1, 0.15) is 0 Å². The van der Waals surface area contributed by atoms with E-state index in [0.717, 1.165) is 20.3 Å². The third kappa shape index (κ3) is 5.52. The molecule has 0 saturated carbocycles. The van der Waals surface area contributed by atoms with E-state index in [1.54, 1.807) is 24.3 Å². The minimum atomic E-state index is -0.350. The molecule has 1 atom stereocenters. The number of hydrogen-bond acceptors (Lipinski definition) is 4. The van der Waals surface area contributed by atoms with Crippen molar-refractivity contribution in [2.75, 3.05) is 10.6 Å². The van der Waals surface area contributed by atoms with Crippen LogP contribution in [-0.4, -0.2) is 16.9 Å². The van der Waals surface area contributed by atoms with Gasteiger partial charge in [0.05, 0.1) is 27.0 Å². The number of para-hydroxylation sites is 1. The van der Waals surface area contributed by atoms with E-state index >= 15 is 0 Å². The quantitative estimate of drug-likeness (QED) is 0.250. The van der Waals surface area contributed by atoms with Crippen LogP contribution in [0.4, 0.5) is 15.6 Å². The second kappa shape index (κ2) is 9.91. The van der Waals surface area contributed by atoms with Crippen molar-refractivity contribution in [1.29, 1.82) is 0 Å². The molecule has 1 aromatic heterocycles. The zero-order chi connectivity index (χ0) is 23.5. The number of fused-ring (bicyclic) bond motifs is 1. The molecule has 0 saturated heterocycles. The summed E-state index contributed by atoms with van der Waals surface area (Å²) >= 11 is 10.9. The molecule has 3 N–H and O–H groups in total. The number of hydrogen-bond donors (Lipinski definition) is 3. The van der Waals surface area contributed by atoms with Crippen LogP contribution in [0.15, 0.2) is 65.1 Å². The van der Waals surface area contributed by atoms with Crippen molar-refractivity contribution in [3.63, 3.8) is 0 Å². The van der Waals surface area contributed by atoms with Gasteiger partial charge in [-0.05, 0) is 61.4 Å². The maximum absolute atomic E-state index is 12.8. The fraction of sp³-hybridized carbons (Fsp3) is 0.125. The van der Waals surface area contributed by atoms with Gasteiger partial charge < -0.3 is 10.6 Å². The van der Waals surface area contributed by atoms with E-state index in [0.29, 0.717) is 26.9 Å². The Morgan fingerprint density at radius 2 is 1.82 bits per heavy atom. The highest BCUT2D eigenvalue weighted by molar-refractivity contribution is 9.10. The highest BCUT2D eigenvalue weighted by Gasteiger charge is 2.15. The van der Waals surface area contributed by atoms with E-state index < -0.39 is 0 Å². The largest absolute Gasteiger partial charge is 0.331 e. The van der Waals surface area contributed by atoms with E-state index in [9.17, 15) is 9.59 Å². The third-order valence-electron chi connectivity index (χ3n) is 5.05. The monoisotopic (exact) mass is 542 g/mol. The molecule has 6 nitrogen and oxygen atoms in total. The molecule has 0 unspecified atom stereocenters. The van der Waals surface area contributed by atoms with E-state index in [1.165, 1.54) is 11.3 Å². The van der Waals surface area contributed by atoms with Crippen LogP contribution in [-0.2, 0) is 0 Å². The van der Waals surface area contributed by atoms with Gasteiger partial charge in [-0.1, -0.05) is 63.1 Å². The summed E-state index contributed by atoms with van der Waals surface area (Å²) in [7, 11) is 0. The second-order valence-corrected chi connectivity index (χ2v) is 9.81. The first-order chi connectivity index (χ1) is 15.8. The first-order valence-electron chi connectivity index (χ1n) is 10.1. The second-order valence-electron chi connectivity index (χ2n) is 7.46. The minimum Gasteiger partial charge on any atom is -0.331 e. The number of carbonyl (C=O) groups excluding carboxylic acids is 2. The lowest BCUT2D eigenvalue weighted by Crippen LogP contribution is -2.31. The maximum Gasteiger partial charge on any atom is 0.321 e. The summed E-state index contributed by atoms with van der Waals surface area (Å²) in [6.45, 7) is 3.79. The van der Waals surface area contributed by atoms with Crippen molar-refractivity contribution in [2.45, 2.75) is 19.9 Å². The molecule has 0 fully saturated rings. The predicted octanol–water partition coefficient (Wildman–Crippen LogP) is 7.16. The van der Waals surface area contributed by atoms with E-state index in [1.807, 2.05) is 50.2 Å². The Hall–Kier alpha value is -2.94. The van der Waals surface area contributed by atoms with Gasteiger partial charge in [0.15, 0.2) is 5.13 Å². The van der Waals surface area contributed by atoms with Crippen LogP contribution in [0.2, 0.25) is 5.02 Å². The summed E-state index contributed by atoms with van der Waals surface area (Å²) in [6, 6.07) is 17.9. The molecule has 3 amide bonds. The SMILES string of the molecule is Cc1cccc(Cl)c1NC(=O)c1ccc2nc(NC(=O)N[C@@H](C)c3ccc(Br)cc3)sc2c1. The molecular weight excluding hydrogens is 524 g/mol. The Morgan fingerprint density at radius 3 is 2.55 bits per heavy atom. The summed E-state index contributed by atoms with van der Waals surface area (Å²) in [5, 5.41) is 9.48. The van der Waals surface area contributed by atoms with E-state index in [2.05, 4.69) is 36.9 Å². The normalized spacial score (nSPS) is 11.8. The molecule has 0 bridgehead atoms. The Balaban J connectivity index is 1.44. The standard InChI is InChI=1S/C24H20BrClN4O2S/c1-13-4-3-5-18(26)21(13)29-22(31)16-8-11-19-20(12-16)33-24(28-19)30-23(32)27-14(2)15-6-9-17(25)10-7-15/h3-12,14H,1-2H3,(H,29,31)(H2,27,28,30,32)/t14-/m0/s1. The molecule has 1 heterocycles. The number of benzene rings is 3. The number of nitrogens with one attached hydrogen (secondary N) is 3. The van der Waals surface area contributed by atoms with Crippen molar-refractivity contribution in [1.82, 2.24) is 10.3 Å². The average molecular weight is 544 g/mol. The molecule has 0 radical (unpaired) electrons. The van der Waals surface area contributed by atoms with Gasteiger partial charge in [-0.2, -0.15) is 0 Å². The molecule has 0 spiro atoms. The zero-order valence-electron chi connectivity index (χ0n) is 17.8. The first kappa shape index (κ1) is 23.2. The van der Waals surface area contributed by atoms with Crippen LogP contribution >= 0.6 is 38.9 Å². The average Bonchev–Trinajstić information content (AvgIpc) is 3.17. The number of aromatic nitrogens is 1. The van der Waals surface area contributed by atoms with Crippen molar-refractivity contribution in [3.8, 4) is 0 Å². The topological polar surface area (TPSA) is 83.1 Å². The van der Waals surface area contributed by atoms with Crippen LogP contribution in [0.25, 0.3) is 10.2 Å². The summed E-state index contributed by atoms with van der Waals surface area (Å²) in [4.78, 5) is 29.6. The molecule has 3 aromatic carbocycles. The zero-order valence-corrected chi connectivity index (χ0v) is 20.9. The van der Waals surface area contributed by atoms with Gasteiger partial charge in [0.2, 0.25) is 0 Å². The number of nitrogens with zero attached hydrogens (tertiary/aromatic N) is 1. The summed E-state index contributed by atoms with van der Waals surface area (Å²) in [6.07, 6.45) is 0. The van der Waals surface area contributed by atoms with Gasteiger partial charge >= 0.3 is 6.03 Å². The number of urea groups is 1. The number of anilines is 2. The fourth-order valence-corrected chi connectivity index (χ4v) is 4.69. The van der Waals surface area contributed by atoms with Gasteiger partial charge in [-0.25, -0.2) is 9.78 Å². The van der Waals surface area contributed by atoms with Crippen LogP contribution in [0, 0.1) is 6.92 Å². The lowest BCUT2D eigenvalue weighted by Gasteiger charge is -2.14. The maximum atomic E-state index is 12.8.